The van der Waals surface area contributed by atoms with Crippen LogP contribution in [0.1, 0.15) is 40.9 Å². The second kappa shape index (κ2) is 7.11. The molecule has 4 rings (SSSR count). The predicted molar refractivity (Wildman–Crippen MR) is 101 cm³/mol. The first kappa shape index (κ1) is 17.7. The number of amides is 1. The van der Waals surface area contributed by atoms with Gasteiger partial charge >= 0.3 is 0 Å². The third-order valence-electron chi connectivity index (χ3n) is 5.11. The molecule has 1 aliphatic rings. The van der Waals surface area contributed by atoms with E-state index < -0.39 is 0 Å². The third kappa shape index (κ3) is 3.44. The Labute approximate surface area is 158 Å². The van der Waals surface area contributed by atoms with Crippen molar-refractivity contribution in [3.63, 3.8) is 0 Å². The highest BCUT2D eigenvalue weighted by atomic mass is 16.2. The summed E-state index contributed by atoms with van der Waals surface area (Å²) in [6.45, 7) is 2.16. The van der Waals surface area contributed by atoms with Gasteiger partial charge in [-0.15, -0.1) is 10.2 Å². The molecule has 1 atom stereocenters. The van der Waals surface area contributed by atoms with Crippen LogP contribution in [0.3, 0.4) is 0 Å². The molecule has 8 heteroatoms. The standard InChI is InChI=1S/C19H25N7O/c1-23(2)13-17-21-22-18(24(17)3)14-7-6-10-26(11-14)19(27)15-12-25-9-5-4-8-16(25)20-15/h4-5,8-9,12,14H,6-7,10-11,13H2,1-3H3/t14-/m1/s1. The molecule has 0 aliphatic carbocycles. The number of rotatable bonds is 4. The van der Waals surface area contributed by atoms with E-state index in [0.717, 1.165) is 43.2 Å². The Morgan fingerprint density at radius 1 is 1.30 bits per heavy atom. The Kier molecular flexibility index (Phi) is 4.65. The van der Waals surface area contributed by atoms with Crippen LogP contribution in [0, 0.1) is 0 Å². The molecule has 0 spiro atoms. The Morgan fingerprint density at radius 3 is 2.93 bits per heavy atom. The largest absolute Gasteiger partial charge is 0.337 e. The van der Waals surface area contributed by atoms with Gasteiger partial charge in [-0.25, -0.2) is 4.98 Å². The number of fused-ring (bicyclic) bond motifs is 1. The highest BCUT2D eigenvalue weighted by molar-refractivity contribution is 5.93. The van der Waals surface area contributed by atoms with Gasteiger partial charge in [0.25, 0.3) is 5.91 Å². The first-order chi connectivity index (χ1) is 13.0. The molecule has 8 nitrogen and oxygen atoms in total. The van der Waals surface area contributed by atoms with Crippen LogP contribution in [0.15, 0.2) is 30.6 Å². The minimum absolute atomic E-state index is 0.0147. The fourth-order valence-electron chi connectivity index (χ4n) is 3.72. The molecule has 142 valence electrons. The topological polar surface area (TPSA) is 71.6 Å². The normalized spacial score (nSPS) is 17.8. The second-order valence-corrected chi connectivity index (χ2v) is 7.45. The Morgan fingerprint density at radius 2 is 2.15 bits per heavy atom. The van der Waals surface area contributed by atoms with Crippen LogP contribution in [-0.2, 0) is 13.6 Å². The van der Waals surface area contributed by atoms with Crippen LogP contribution in [0.4, 0.5) is 0 Å². The minimum atomic E-state index is -0.0147. The molecule has 1 fully saturated rings. The average Bonchev–Trinajstić information content (AvgIpc) is 3.25. The van der Waals surface area contributed by atoms with Crippen molar-refractivity contribution < 1.29 is 4.79 Å². The first-order valence-electron chi connectivity index (χ1n) is 9.29. The van der Waals surface area contributed by atoms with Gasteiger partial charge in [0, 0.05) is 38.4 Å². The van der Waals surface area contributed by atoms with Crippen molar-refractivity contribution in [3.8, 4) is 0 Å². The Balaban J connectivity index is 1.52. The molecule has 0 N–H and O–H groups in total. The summed E-state index contributed by atoms with van der Waals surface area (Å²) in [5.74, 6) is 2.09. The van der Waals surface area contributed by atoms with Crippen molar-refractivity contribution in [2.45, 2.75) is 25.3 Å². The van der Waals surface area contributed by atoms with Crippen LogP contribution in [0.2, 0.25) is 0 Å². The van der Waals surface area contributed by atoms with Crippen LogP contribution in [-0.4, -0.2) is 67.0 Å². The third-order valence-corrected chi connectivity index (χ3v) is 5.11. The lowest BCUT2D eigenvalue weighted by Crippen LogP contribution is -2.40. The fourth-order valence-corrected chi connectivity index (χ4v) is 3.72. The first-order valence-corrected chi connectivity index (χ1v) is 9.29. The maximum absolute atomic E-state index is 13.0. The SMILES string of the molecule is CN(C)Cc1nnc([C@@H]2CCCN(C(=O)c3cn4ccccc4n3)C2)n1C. The summed E-state index contributed by atoms with van der Waals surface area (Å²) >= 11 is 0. The molecule has 1 saturated heterocycles. The number of nitrogens with zero attached hydrogens (tertiary/aromatic N) is 7. The van der Waals surface area contributed by atoms with E-state index in [1.54, 1.807) is 6.20 Å². The van der Waals surface area contributed by atoms with Crippen LogP contribution in [0.5, 0.6) is 0 Å². The lowest BCUT2D eigenvalue weighted by molar-refractivity contribution is 0.0698. The lowest BCUT2D eigenvalue weighted by Gasteiger charge is -2.31. The minimum Gasteiger partial charge on any atom is -0.337 e. The van der Waals surface area contributed by atoms with Crippen molar-refractivity contribution in [3.05, 3.63) is 47.9 Å². The predicted octanol–water partition coefficient (Wildman–Crippen LogP) is 1.54. The van der Waals surface area contributed by atoms with Gasteiger partial charge in [0.15, 0.2) is 0 Å². The number of hydrogen-bond acceptors (Lipinski definition) is 5. The Hall–Kier alpha value is -2.74. The van der Waals surface area contributed by atoms with Crippen molar-refractivity contribution in [2.24, 2.45) is 7.05 Å². The highest BCUT2D eigenvalue weighted by Crippen LogP contribution is 2.27. The molecule has 1 aliphatic heterocycles. The van der Waals surface area contributed by atoms with E-state index in [4.69, 9.17) is 0 Å². The molecule has 0 aromatic carbocycles. The van der Waals surface area contributed by atoms with Gasteiger partial charge < -0.3 is 18.8 Å². The van der Waals surface area contributed by atoms with Gasteiger partial charge in [-0.2, -0.15) is 0 Å². The van der Waals surface area contributed by atoms with E-state index >= 15 is 0 Å². The second-order valence-electron chi connectivity index (χ2n) is 7.45. The van der Waals surface area contributed by atoms with Gasteiger partial charge in [0.05, 0.1) is 6.54 Å². The van der Waals surface area contributed by atoms with Crippen LogP contribution >= 0.6 is 0 Å². The fraction of sp³-hybridized carbons (Fsp3) is 0.474. The summed E-state index contributed by atoms with van der Waals surface area (Å²) in [7, 11) is 6.05. The number of pyridine rings is 1. The van der Waals surface area contributed by atoms with Crippen molar-refractivity contribution >= 4 is 11.6 Å². The van der Waals surface area contributed by atoms with E-state index in [-0.39, 0.29) is 11.8 Å². The molecule has 27 heavy (non-hydrogen) atoms. The van der Waals surface area contributed by atoms with Gasteiger partial charge in [-0.05, 0) is 39.1 Å². The molecule has 0 bridgehead atoms. The Bertz CT molecular complexity index is 925. The van der Waals surface area contributed by atoms with Gasteiger partial charge in [-0.3, -0.25) is 4.79 Å². The molecular formula is C19H25N7O. The van der Waals surface area contributed by atoms with E-state index in [2.05, 4.69) is 24.6 Å². The average molecular weight is 367 g/mol. The summed E-state index contributed by atoms with van der Waals surface area (Å²) in [5.41, 5.74) is 1.28. The number of imidazole rings is 1. The number of carbonyl (C=O) groups excluding carboxylic acids is 1. The summed E-state index contributed by atoms with van der Waals surface area (Å²) in [6, 6.07) is 5.76. The number of likely N-dealkylation sites (tertiary alicyclic amines) is 1. The maximum Gasteiger partial charge on any atom is 0.274 e. The molecule has 0 radical (unpaired) electrons. The quantitative estimate of drug-likeness (QED) is 0.700. The van der Waals surface area contributed by atoms with Crippen LogP contribution in [0.25, 0.3) is 5.65 Å². The molecule has 4 heterocycles. The number of carbonyl (C=O) groups is 1. The summed E-state index contributed by atoms with van der Waals surface area (Å²) in [6.07, 6.45) is 5.69. The van der Waals surface area contributed by atoms with E-state index in [0.29, 0.717) is 12.2 Å². The number of hydrogen-bond donors (Lipinski definition) is 0. The molecule has 3 aromatic heterocycles. The molecular weight excluding hydrogens is 342 g/mol. The van der Waals surface area contributed by atoms with E-state index in [9.17, 15) is 4.79 Å². The van der Waals surface area contributed by atoms with Gasteiger partial charge in [0.2, 0.25) is 0 Å². The van der Waals surface area contributed by atoms with Crippen LogP contribution < -0.4 is 0 Å². The number of piperidine rings is 1. The molecule has 1 amide bonds. The monoisotopic (exact) mass is 367 g/mol. The van der Waals surface area contributed by atoms with E-state index in [1.165, 1.54) is 0 Å². The van der Waals surface area contributed by atoms with Gasteiger partial charge in [0.1, 0.15) is 23.0 Å². The van der Waals surface area contributed by atoms with Crippen molar-refractivity contribution in [1.82, 2.24) is 33.9 Å². The molecule has 0 unspecified atom stereocenters. The number of aromatic nitrogens is 5. The lowest BCUT2D eigenvalue weighted by atomic mass is 9.97. The molecule has 0 saturated carbocycles. The zero-order valence-electron chi connectivity index (χ0n) is 16.0. The van der Waals surface area contributed by atoms with E-state index in [1.807, 2.05) is 54.8 Å². The molecule has 3 aromatic rings. The van der Waals surface area contributed by atoms with Crippen molar-refractivity contribution in [2.75, 3.05) is 27.2 Å². The highest BCUT2D eigenvalue weighted by Gasteiger charge is 2.29. The maximum atomic E-state index is 13.0. The summed E-state index contributed by atoms with van der Waals surface area (Å²) < 4.78 is 3.95. The smallest absolute Gasteiger partial charge is 0.274 e. The zero-order chi connectivity index (χ0) is 19.0. The van der Waals surface area contributed by atoms with Crippen molar-refractivity contribution in [1.29, 1.82) is 0 Å². The zero-order valence-corrected chi connectivity index (χ0v) is 16.0. The van der Waals surface area contributed by atoms with Gasteiger partial charge in [-0.1, -0.05) is 6.07 Å². The summed E-state index contributed by atoms with van der Waals surface area (Å²) in [4.78, 5) is 21.4. The summed E-state index contributed by atoms with van der Waals surface area (Å²) in [5, 5.41) is 8.76.